The number of sulfonamides is 1. The van der Waals surface area contributed by atoms with E-state index in [1.807, 2.05) is 12.1 Å². The average Bonchev–Trinajstić information content (AvgIpc) is 3.38. The minimum atomic E-state index is -3.81. The van der Waals surface area contributed by atoms with Gasteiger partial charge < -0.3 is 14.9 Å². The van der Waals surface area contributed by atoms with Gasteiger partial charge in [-0.15, -0.1) is 0 Å². The van der Waals surface area contributed by atoms with Crippen LogP contribution in [0.2, 0.25) is 0 Å². The molecule has 10 nitrogen and oxygen atoms in total. The highest BCUT2D eigenvalue weighted by Crippen LogP contribution is 2.24. The SMILES string of the molecule is CC(C)(C)c1ccc(C(=O)N[C@@H](Cc2ccc(-c3noc(-c4ccc(S(N)(=O)=O)cc4)n3)cc2)C(=O)O)cc1. The van der Waals surface area contributed by atoms with Crippen molar-refractivity contribution in [1.82, 2.24) is 15.5 Å². The molecule has 3 aromatic carbocycles. The molecule has 0 aliphatic carbocycles. The lowest BCUT2D eigenvalue weighted by molar-refractivity contribution is -0.139. The van der Waals surface area contributed by atoms with Gasteiger partial charge in [-0.3, -0.25) is 4.79 Å². The number of rotatable bonds is 8. The van der Waals surface area contributed by atoms with Gasteiger partial charge in [-0.2, -0.15) is 4.98 Å². The smallest absolute Gasteiger partial charge is 0.326 e. The van der Waals surface area contributed by atoms with Crippen LogP contribution >= 0.6 is 0 Å². The molecule has 1 amide bonds. The van der Waals surface area contributed by atoms with Crippen LogP contribution in [-0.2, 0) is 26.7 Å². The Balaban J connectivity index is 1.43. The number of carbonyl (C=O) groups is 2. The van der Waals surface area contributed by atoms with E-state index in [9.17, 15) is 23.1 Å². The van der Waals surface area contributed by atoms with Crippen molar-refractivity contribution in [3.63, 3.8) is 0 Å². The maximum atomic E-state index is 12.7. The second-order valence-corrected chi connectivity index (χ2v) is 11.6. The predicted octanol–water partition coefficient (Wildman–Crippen LogP) is 3.77. The number of nitrogens with two attached hydrogens (primary N) is 1. The van der Waals surface area contributed by atoms with Crippen molar-refractivity contribution in [2.75, 3.05) is 0 Å². The Morgan fingerprint density at radius 3 is 2.08 bits per heavy atom. The van der Waals surface area contributed by atoms with Crippen LogP contribution in [0.1, 0.15) is 42.3 Å². The second kappa shape index (κ2) is 10.8. The van der Waals surface area contributed by atoms with Gasteiger partial charge in [0.2, 0.25) is 15.8 Å². The number of amides is 1. The summed E-state index contributed by atoms with van der Waals surface area (Å²) in [5.74, 6) is -1.11. The minimum absolute atomic E-state index is 0.0316. The van der Waals surface area contributed by atoms with E-state index < -0.39 is 27.9 Å². The fourth-order valence-electron chi connectivity index (χ4n) is 3.83. The number of carboxylic acid groups (broad SMARTS) is 1. The molecule has 0 fully saturated rings. The Bertz CT molecular complexity index is 1590. The molecule has 1 heterocycles. The standard InChI is InChI=1S/C28H28N4O6S/c1-28(2,3)21-12-8-19(9-13-21)25(33)30-23(27(34)35)16-17-4-6-18(7-5-17)24-31-26(38-32-24)20-10-14-22(15-11-20)39(29,36)37/h4-15,23H,16H2,1-3H3,(H,30,33)(H,34,35)(H2,29,36,37)/t23-/m0/s1. The van der Waals surface area contributed by atoms with Gasteiger partial charge in [-0.05, 0) is 52.9 Å². The third-order valence-corrected chi connectivity index (χ3v) is 7.05. The van der Waals surface area contributed by atoms with Gasteiger partial charge in [0.1, 0.15) is 6.04 Å². The number of nitrogens with zero attached hydrogens (tertiary/aromatic N) is 2. The first-order valence-corrected chi connectivity index (χ1v) is 13.6. The molecule has 0 aliphatic rings. The molecule has 11 heteroatoms. The Labute approximate surface area is 225 Å². The van der Waals surface area contributed by atoms with Gasteiger partial charge in [0.25, 0.3) is 11.8 Å². The molecule has 4 aromatic rings. The van der Waals surface area contributed by atoms with Gasteiger partial charge in [0.05, 0.1) is 4.90 Å². The van der Waals surface area contributed by atoms with Crippen molar-refractivity contribution in [3.05, 3.63) is 89.5 Å². The highest BCUT2D eigenvalue weighted by Gasteiger charge is 2.22. The lowest BCUT2D eigenvalue weighted by atomic mass is 9.86. The molecule has 4 rings (SSSR count). The Morgan fingerprint density at radius 1 is 0.949 bits per heavy atom. The molecule has 0 unspecified atom stereocenters. The van der Waals surface area contributed by atoms with E-state index in [1.54, 1.807) is 36.4 Å². The molecule has 0 radical (unpaired) electrons. The average molecular weight is 549 g/mol. The van der Waals surface area contributed by atoms with E-state index in [0.29, 0.717) is 28.1 Å². The maximum Gasteiger partial charge on any atom is 0.326 e. The fourth-order valence-corrected chi connectivity index (χ4v) is 4.35. The number of benzene rings is 3. The number of hydrogen-bond donors (Lipinski definition) is 3. The van der Waals surface area contributed by atoms with Crippen LogP contribution in [0.3, 0.4) is 0 Å². The lowest BCUT2D eigenvalue weighted by Crippen LogP contribution is -2.42. The van der Waals surface area contributed by atoms with Gasteiger partial charge >= 0.3 is 5.97 Å². The van der Waals surface area contributed by atoms with Gasteiger partial charge in [-0.25, -0.2) is 18.4 Å². The Morgan fingerprint density at radius 2 is 1.54 bits per heavy atom. The summed E-state index contributed by atoms with van der Waals surface area (Å²) in [6.45, 7) is 6.22. The summed E-state index contributed by atoms with van der Waals surface area (Å²) in [5, 5.41) is 21.4. The van der Waals surface area contributed by atoms with Crippen molar-refractivity contribution < 1.29 is 27.6 Å². The molecule has 4 N–H and O–H groups in total. The second-order valence-electron chi connectivity index (χ2n) is 10.1. The highest BCUT2D eigenvalue weighted by atomic mass is 32.2. The quantitative estimate of drug-likeness (QED) is 0.299. The van der Waals surface area contributed by atoms with E-state index in [2.05, 4.69) is 36.2 Å². The normalized spacial score (nSPS) is 12.6. The van der Waals surface area contributed by atoms with Crippen molar-refractivity contribution >= 4 is 21.9 Å². The molecular weight excluding hydrogens is 520 g/mol. The zero-order valence-corrected chi connectivity index (χ0v) is 22.4. The van der Waals surface area contributed by atoms with Crippen LogP contribution in [0.25, 0.3) is 22.8 Å². The van der Waals surface area contributed by atoms with Crippen molar-refractivity contribution in [2.24, 2.45) is 5.14 Å². The summed E-state index contributed by atoms with van der Waals surface area (Å²) in [6, 6.07) is 18.6. The van der Waals surface area contributed by atoms with Crippen LogP contribution < -0.4 is 10.5 Å². The largest absolute Gasteiger partial charge is 0.480 e. The number of hydrogen-bond acceptors (Lipinski definition) is 7. The first-order chi connectivity index (χ1) is 18.3. The van der Waals surface area contributed by atoms with Crippen molar-refractivity contribution in [2.45, 2.75) is 43.5 Å². The third-order valence-electron chi connectivity index (χ3n) is 6.12. The molecule has 0 saturated carbocycles. The summed E-state index contributed by atoms with van der Waals surface area (Å²) >= 11 is 0. The van der Waals surface area contributed by atoms with Gasteiger partial charge in [-0.1, -0.05) is 62.3 Å². The van der Waals surface area contributed by atoms with Crippen LogP contribution in [0.5, 0.6) is 0 Å². The first kappa shape index (κ1) is 27.7. The molecule has 39 heavy (non-hydrogen) atoms. The van der Waals surface area contributed by atoms with Crippen LogP contribution in [0, 0.1) is 0 Å². The monoisotopic (exact) mass is 548 g/mol. The Hall–Kier alpha value is -4.35. The van der Waals surface area contributed by atoms with Crippen LogP contribution in [-0.4, -0.2) is 41.6 Å². The molecule has 0 spiro atoms. The topological polar surface area (TPSA) is 165 Å². The fraction of sp³-hybridized carbons (Fsp3) is 0.214. The molecule has 0 aliphatic heterocycles. The lowest BCUT2D eigenvalue weighted by Gasteiger charge is -2.19. The minimum Gasteiger partial charge on any atom is -0.480 e. The molecule has 202 valence electrons. The summed E-state index contributed by atoms with van der Waals surface area (Å²) in [6.07, 6.45) is 0.0787. The molecule has 0 saturated heterocycles. The van der Waals surface area contributed by atoms with Crippen LogP contribution in [0.4, 0.5) is 0 Å². The summed E-state index contributed by atoms with van der Waals surface area (Å²) in [7, 11) is -3.81. The summed E-state index contributed by atoms with van der Waals surface area (Å²) < 4.78 is 28.2. The molecule has 1 atom stereocenters. The van der Waals surface area contributed by atoms with Crippen molar-refractivity contribution in [1.29, 1.82) is 0 Å². The number of primary sulfonamides is 1. The zero-order valence-electron chi connectivity index (χ0n) is 21.6. The van der Waals surface area contributed by atoms with E-state index >= 15 is 0 Å². The predicted molar refractivity (Wildman–Crippen MR) is 144 cm³/mol. The number of carbonyl (C=O) groups excluding carboxylic acids is 1. The summed E-state index contributed by atoms with van der Waals surface area (Å²) in [5.41, 5.74) is 3.24. The number of aliphatic carboxylic acids is 1. The van der Waals surface area contributed by atoms with Gasteiger partial charge in [0.15, 0.2) is 0 Å². The highest BCUT2D eigenvalue weighted by molar-refractivity contribution is 7.89. The third kappa shape index (κ3) is 6.75. The molecular formula is C28H28N4O6S. The summed E-state index contributed by atoms with van der Waals surface area (Å²) in [4.78, 5) is 28.9. The van der Waals surface area contributed by atoms with Crippen LogP contribution in [0.15, 0.2) is 82.2 Å². The van der Waals surface area contributed by atoms with E-state index in [0.717, 1.165) is 5.56 Å². The molecule has 1 aromatic heterocycles. The molecule has 0 bridgehead atoms. The van der Waals surface area contributed by atoms with E-state index in [1.165, 1.54) is 24.3 Å². The number of aromatic nitrogens is 2. The van der Waals surface area contributed by atoms with Gasteiger partial charge in [0, 0.05) is 23.1 Å². The van der Waals surface area contributed by atoms with E-state index in [4.69, 9.17) is 9.66 Å². The first-order valence-electron chi connectivity index (χ1n) is 12.0. The zero-order chi connectivity index (χ0) is 28.4. The number of carboxylic acids is 1. The van der Waals surface area contributed by atoms with E-state index in [-0.39, 0.29) is 22.6 Å². The van der Waals surface area contributed by atoms with Crippen molar-refractivity contribution in [3.8, 4) is 22.8 Å². The Kier molecular flexibility index (Phi) is 7.66. The number of nitrogens with one attached hydrogen (secondary N) is 1. The maximum absolute atomic E-state index is 12.7.